The second-order valence-corrected chi connectivity index (χ2v) is 11.3. The fourth-order valence-electron chi connectivity index (χ4n) is 2.80. The number of sulfonamides is 1. The monoisotopic (exact) mass is 453 g/mol. The number of rotatable bonds is 4. The Morgan fingerprint density at radius 3 is 2.15 bits per heavy atom. The number of hydrogen-bond donors (Lipinski definition) is 0. The highest BCUT2D eigenvalue weighted by Gasteiger charge is 2.40. The summed E-state index contributed by atoms with van der Waals surface area (Å²) < 4.78 is 52.3. The summed E-state index contributed by atoms with van der Waals surface area (Å²) in [6, 6.07) is 9.97. The van der Waals surface area contributed by atoms with Crippen molar-refractivity contribution in [3.63, 3.8) is 0 Å². The molecule has 1 saturated heterocycles. The zero-order valence-electron chi connectivity index (χ0n) is 13.3. The van der Waals surface area contributed by atoms with Crippen LogP contribution in [0, 0.1) is 0 Å². The Bertz CT molecular complexity index is 1040. The van der Waals surface area contributed by atoms with E-state index in [1.807, 2.05) is 0 Å². The van der Waals surface area contributed by atoms with Gasteiger partial charge in [-0.05, 0) is 48.9 Å². The summed E-state index contributed by atoms with van der Waals surface area (Å²) in [4.78, 5) is -0.0110. The Hall–Kier alpha value is -0.830. The third-order valence-electron chi connectivity index (χ3n) is 4.20. The lowest BCUT2D eigenvalue weighted by atomic mass is 10.4. The second kappa shape index (κ2) is 7.30. The Balaban J connectivity index is 1.88. The van der Waals surface area contributed by atoms with Gasteiger partial charge in [-0.1, -0.05) is 34.8 Å². The van der Waals surface area contributed by atoms with Crippen LogP contribution in [-0.4, -0.2) is 39.5 Å². The van der Waals surface area contributed by atoms with Gasteiger partial charge in [-0.2, -0.15) is 4.31 Å². The molecule has 1 unspecified atom stereocenters. The number of benzene rings is 2. The maximum Gasteiger partial charge on any atom is 0.244 e. The molecule has 0 N–H and O–H groups in total. The highest BCUT2D eigenvalue weighted by molar-refractivity contribution is 7.92. The van der Waals surface area contributed by atoms with Crippen LogP contribution in [0.3, 0.4) is 0 Å². The van der Waals surface area contributed by atoms with Gasteiger partial charge in [0.05, 0.1) is 15.2 Å². The Kier molecular flexibility index (Phi) is 5.59. The van der Waals surface area contributed by atoms with E-state index in [4.69, 9.17) is 34.8 Å². The molecule has 0 aliphatic carbocycles. The minimum atomic E-state index is -3.94. The molecule has 140 valence electrons. The molecular formula is C16H14Cl3NO4S2. The maximum atomic E-state index is 12.8. The van der Waals surface area contributed by atoms with Crippen molar-refractivity contribution in [1.82, 2.24) is 4.31 Å². The fraction of sp³-hybridized carbons (Fsp3) is 0.250. The van der Waals surface area contributed by atoms with Crippen LogP contribution < -0.4 is 0 Å². The van der Waals surface area contributed by atoms with Crippen LogP contribution in [0.25, 0.3) is 0 Å². The average Bonchev–Trinajstić information content (AvgIpc) is 3.09. The molecule has 0 aromatic heterocycles. The number of sulfone groups is 1. The van der Waals surface area contributed by atoms with E-state index in [-0.39, 0.29) is 39.3 Å². The fourth-order valence-corrected chi connectivity index (χ4v) is 6.95. The summed E-state index contributed by atoms with van der Waals surface area (Å²) in [7, 11) is -7.62. The van der Waals surface area contributed by atoms with Gasteiger partial charge < -0.3 is 0 Å². The highest BCUT2D eigenvalue weighted by atomic mass is 35.5. The van der Waals surface area contributed by atoms with E-state index < -0.39 is 25.1 Å². The van der Waals surface area contributed by atoms with Crippen molar-refractivity contribution >= 4 is 54.7 Å². The average molecular weight is 455 g/mol. The first kappa shape index (κ1) is 19.9. The molecule has 0 bridgehead atoms. The minimum absolute atomic E-state index is 0.0402. The molecular weight excluding hydrogens is 441 g/mol. The van der Waals surface area contributed by atoms with Crippen molar-refractivity contribution in [3.8, 4) is 0 Å². The molecule has 1 heterocycles. The molecule has 0 saturated carbocycles. The van der Waals surface area contributed by atoms with Gasteiger partial charge in [0, 0.05) is 23.1 Å². The molecule has 3 rings (SSSR count). The molecule has 1 atom stereocenters. The van der Waals surface area contributed by atoms with Gasteiger partial charge in [-0.15, -0.1) is 0 Å². The van der Waals surface area contributed by atoms with Crippen molar-refractivity contribution < 1.29 is 16.8 Å². The summed E-state index contributed by atoms with van der Waals surface area (Å²) >= 11 is 17.7. The molecule has 0 radical (unpaired) electrons. The van der Waals surface area contributed by atoms with Crippen LogP contribution in [0.4, 0.5) is 0 Å². The lowest BCUT2D eigenvalue weighted by molar-refractivity contribution is 0.476. The lowest BCUT2D eigenvalue weighted by Gasteiger charge is -2.18. The Morgan fingerprint density at radius 2 is 1.50 bits per heavy atom. The molecule has 5 nitrogen and oxygen atoms in total. The summed E-state index contributed by atoms with van der Waals surface area (Å²) in [5.41, 5.74) is 0. The summed E-state index contributed by atoms with van der Waals surface area (Å²) in [6.45, 7) is -0.0567. The van der Waals surface area contributed by atoms with Gasteiger partial charge in [-0.3, -0.25) is 0 Å². The Labute approximate surface area is 167 Å². The van der Waals surface area contributed by atoms with Crippen LogP contribution in [0.15, 0.2) is 52.3 Å². The third kappa shape index (κ3) is 3.74. The van der Waals surface area contributed by atoms with Gasteiger partial charge in [0.1, 0.15) is 4.90 Å². The predicted molar refractivity (Wildman–Crippen MR) is 102 cm³/mol. The first-order valence-corrected chi connectivity index (χ1v) is 11.7. The number of hydrogen-bond acceptors (Lipinski definition) is 4. The number of nitrogens with zero attached hydrogens (tertiary/aromatic N) is 1. The highest BCUT2D eigenvalue weighted by Crippen LogP contribution is 2.32. The van der Waals surface area contributed by atoms with Crippen LogP contribution >= 0.6 is 34.8 Å². The molecule has 26 heavy (non-hydrogen) atoms. The van der Waals surface area contributed by atoms with Crippen molar-refractivity contribution in [3.05, 3.63) is 57.5 Å². The molecule has 0 amide bonds. The van der Waals surface area contributed by atoms with Crippen molar-refractivity contribution in [2.45, 2.75) is 21.5 Å². The largest absolute Gasteiger partial charge is 0.244 e. The van der Waals surface area contributed by atoms with Crippen LogP contribution in [0.1, 0.15) is 6.42 Å². The van der Waals surface area contributed by atoms with E-state index >= 15 is 0 Å². The van der Waals surface area contributed by atoms with E-state index in [0.29, 0.717) is 5.02 Å². The van der Waals surface area contributed by atoms with Gasteiger partial charge >= 0.3 is 0 Å². The SMILES string of the molecule is O=S(=O)(c1ccc(Cl)cc1)C1CCN(S(=O)(=O)c2cc(Cl)ccc2Cl)C1. The summed E-state index contributed by atoms with van der Waals surface area (Å²) in [5.74, 6) is 0. The molecule has 1 aliphatic rings. The van der Waals surface area contributed by atoms with Crippen molar-refractivity contribution in [1.29, 1.82) is 0 Å². The van der Waals surface area contributed by atoms with Crippen molar-refractivity contribution in [2.24, 2.45) is 0 Å². The molecule has 10 heteroatoms. The summed E-state index contributed by atoms with van der Waals surface area (Å²) in [5, 5.41) is -0.137. The van der Waals surface area contributed by atoms with Crippen LogP contribution in [-0.2, 0) is 19.9 Å². The zero-order valence-corrected chi connectivity index (χ0v) is 17.2. The van der Waals surface area contributed by atoms with E-state index in [0.717, 1.165) is 4.31 Å². The molecule has 1 fully saturated rings. The number of halogens is 3. The normalized spacial score (nSPS) is 19.0. The van der Waals surface area contributed by atoms with Gasteiger partial charge in [0.2, 0.25) is 10.0 Å². The van der Waals surface area contributed by atoms with E-state index in [1.54, 1.807) is 0 Å². The summed E-state index contributed by atoms with van der Waals surface area (Å²) in [6.07, 6.45) is 0.197. The van der Waals surface area contributed by atoms with Gasteiger partial charge in [-0.25, -0.2) is 16.8 Å². The minimum Gasteiger partial charge on any atom is -0.223 e. The molecule has 2 aromatic carbocycles. The van der Waals surface area contributed by atoms with Crippen molar-refractivity contribution in [2.75, 3.05) is 13.1 Å². The van der Waals surface area contributed by atoms with E-state index in [2.05, 4.69) is 0 Å². The molecule has 1 aliphatic heterocycles. The first-order chi connectivity index (χ1) is 12.1. The maximum absolute atomic E-state index is 12.8. The first-order valence-electron chi connectivity index (χ1n) is 7.57. The predicted octanol–water partition coefficient (Wildman–Crippen LogP) is 3.88. The third-order valence-corrected chi connectivity index (χ3v) is 9.23. The van der Waals surface area contributed by atoms with E-state index in [1.165, 1.54) is 42.5 Å². The van der Waals surface area contributed by atoms with E-state index in [9.17, 15) is 16.8 Å². The Morgan fingerprint density at radius 1 is 0.885 bits per heavy atom. The quantitative estimate of drug-likeness (QED) is 0.703. The lowest BCUT2D eigenvalue weighted by Crippen LogP contribution is -2.32. The topological polar surface area (TPSA) is 71.5 Å². The molecule has 0 spiro atoms. The standard InChI is InChI=1S/C16H14Cl3NO4S2/c17-11-1-4-13(5-2-11)25(21,22)14-7-8-20(10-14)26(23,24)16-9-12(18)3-6-15(16)19/h1-6,9,14H,7-8,10H2. The second-order valence-electron chi connectivity index (χ2n) is 5.85. The van der Waals surface area contributed by atoms with Gasteiger partial charge in [0.15, 0.2) is 9.84 Å². The smallest absolute Gasteiger partial charge is 0.223 e. The van der Waals surface area contributed by atoms with Crippen LogP contribution in [0.2, 0.25) is 15.1 Å². The van der Waals surface area contributed by atoms with Crippen LogP contribution in [0.5, 0.6) is 0 Å². The van der Waals surface area contributed by atoms with Gasteiger partial charge in [0.25, 0.3) is 0 Å². The zero-order chi connectivity index (χ0) is 19.1. The molecule has 2 aromatic rings.